The first-order valence-corrected chi connectivity index (χ1v) is 7.17. The second kappa shape index (κ2) is 7.79. The van der Waals surface area contributed by atoms with Crippen LogP contribution in [0, 0.1) is 0 Å². The van der Waals surface area contributed by atoms with E-state index in [0.717, 1.165) is 11.3 Å². The van der Waals surface area contributed by atoms with Crippen LogP contribution in [0.3, 0.4) is 0 Å². The van der Waals surface area contributed by atoms with Crippen molar-refractivity contribution >= 4 is 23.6 Å². The number of amides is 2. The monoisotopic (exact) mass is 309 g/mol. The molecule has 2 rings (SSSR count). The lowest BCUT2D eigenvalue weighted by atomic mass is 10.2. The van der Waals surface area contributed by atoms with Crippen LogP contribution in [-0.4, -0.2) is 25.9 Å². The van der Waals surface area contributed by atoms with Gasteiger partial charge in [-0.2, -0.15) is 0 Å². The number of anilines is 1. The van der Waals surface area contributed by atoms with E-state index in [0.29, 0.717) is 5.56 Å². The van der Waals surface area contributed by atoms with E-state index in [4.69, 9.17) is 0 Å². The number of benzene rings is 2. The zero-order valence-electron chi connectivity index (χ0n) is 13.1. The van der Waals surface area contributed by atoms with Crippen molar-refractivity contribution in [2.24, 2.45) is 0 Å². The van der Waals surface area contributed by atoms with Gasteiger partial charge in [0.1, 0.15) is 0 Å². The average molecular weight is 309 g/mol. The molecule has 0 aliphatic carbocycles. The molecule has 2 N–H and O–H groups in total. The van der Waals surface area contributed by atoms with Gasteiger partial charge in [-0.1, -0.05) is 36.4 Å². The Balaban J connectivity index is 1.90. The van der Waals surface area contributed by atoms with Crippen molar-refractivity contribution in [1.29, 1.82) is 0 Å². The Labute approximate surface area is 135 Å². The third kappa shape index (κ3) is 5.00. The summed E-state index contributed by atoms with van der Waals surface area (Å²) in [7, 11) is 3.79. The van der Waals surface area contributed by atoms with E-state index in [9.17, 15) is 9.59 Å². The Morgan fingerprint density at radius 2 is 1.70 bits per heavy atom. The molecular weight excluding hydrogens is 290 g/mol. The van der Waals surface area contributed by atoms with Crippen LogP contribution >= 0.6 is 0 Å². The highest BCUT2D eigenvalue weighted by Gasteiger charge is 2.07. The Morgan fingerprint density at radius 1 is 0.957 bits per heavy atom. The smallest absolute Gasteiger partial charge is 0.269 e. The summed E-state index contributed by atoms with van der Waals surface area (Å²) < 4.78 is 0. The fourth-order valence-corrected chi connectivity index (χ4v) is 1.89. The van der Waals surface area contributed by atoms with Crippen molar-refractivity contribution in [2.45, 2.75) is 0 Å². The Kier molecular flexibility index (Phi) is 5.52. The third-order valence-corrected chi connectivity index (χ3v) is 3.15. The van der Waals surface area contributed by atoms with E-state index in [1.54, 1.807) is 24.3 Å². The van der Waals surface area contributed by atoms with Crippen LogP contribution in [0.25, 0.3) is 6.08 Å². The maximum Gasteiger partial charge on any atom is 0.269 e. The molecule has 0 radical (unpaired) electrons. The van der Waals surface area contributed by atoms with E-state index in [1.807, 2.05) is 55.4 Å². The van der Waals surface area contributed by atoms with Crippen molar-refractivity contribution in [1.82, 2.24) is 10.9 Å². The first-order chi connectivity index (χ1) is 11.1. The summed E-state index contributed by atoms with van der Waals surface area (Å²) >= 11 is 0. The first-order valence-electron chi connectivity index (χ1n) is 7.17. The lowest BCUT2D eigenvalue weighted by Gasteiger charge is -2.13. The number of nitrogens with one attached hydrogen (secondary N) is 2. The molecule has 2 amide bonds. The van der Waals surface area contributed by atoms with Gasteiger partial charge in [0.05, 0.1) is 0 Å². The van der Waals surface area contributed by atoms with E-state index in [-0.39, 0.29) is 5.91 Å². The molecule has 0 unspecified atom stereocenters. The normalized spacial score (nSPS) is 10.3. The van der Waals surface area contributed by atoms with Crippen LogP contribution in [0.15, 0.2) is 60.7 Å². The van der Waals surface area contributed by atoms with Crippen LogP contribution in [0.5, 0.6) is 0 Å². The fraction of sp³-hybridized carbons (Fsp3) is 0.111. The molecule has 23 heavy (non-hydrogen) atoms. The van der Waals surface area contributed by atoms with Crippen LogP contribution in [-0.2, 0) is 4.79 Å². The van der Waals surface area contributed by atoms with Crippen LogP contribution in [0.1, 0.15) is 15.9 Å². The quantitative estimate of drug-likeness (QED) is 0.672. The van der Waals surface area contributed by atoms with Gasteiger partial charge >= 0.3 is 0 Å². The lowest BCUT2D eigenvalue weighted by molar-refractivity contribution is -0.117. The number of hydrazine groups is 1. The number of rotatable bonds is 4. The molecule has 0 fully saturated rings. The third-order valence-electron chi connectivity index (χ3n) is 3.15. The molecule has 0 heterocycles. The number of hydrogen-bond acceptors (Lipinski definition) is 3. The van der Waals surface area contributed by atoms with Gasteiger partial charge < -0.3 is 4.90 Å². The summed E-state index contributed by atoms with van der Waals surface area (Å²) in [4.78, 5) is 25.6. The van der Waals surface area contributed by atoms with Gasteiger partial charge in [-0.25, -0.2) is 0 Å². The van der Waals surface area contributed by atoms with Gasteiger partial charge in [-0.3, -0.25) is 20.4 Å². The van der Waals surface area contributed by atoms with Crippen molar-refractivity contribution < 1.29 is 9.59 Å². The summed E-state index contributed by atoms with van der Waals surface area (Å²) in [5.74, 6) is -0.763. The molecule has 0 aromatic heterocycles. The highest BCUT2D eigenvalue weighted by atomic mass is 16.2. The molecular formula is C18H19N3O2. The second-order valence-corrected chi connectivity index (χ2v) is 5.13. The standard InChI is InChI=1S/C18H19N3O2/c1-21(2)16-10-6-9-15(13-16)18(23)20-19-17(22)12-11-14-7-4-3-5-8-14/h3-13H,1-2H3,(H,19,22)(H,20,23)/b12-11+. The minimum Gasteiger partial charge on any atom is -0.378 e. The van der Waals surface area contributed by atoms with E-state index < -0.39 is 5.91 Å². The molecule has 5 nitrogen and oxygen atoms in total. The lowest BCUT2D eigenvalue weighted by Crippen LogP contribution is -2.40. The van der Waals surface area contributed by atoms with Crippen LogP contribution in [0.4, 0.5) is 5.69 Å². The highest BCUT2D eigenvalue weighted by Crippen LogP contribution is 2.12. The molecule has 0 spiro atoms. The maximum atomic E-state index is 12.0. The Hall–Kier alpha value is -3.08. The van der Waals surface area contributed by atoms with E-state index >= 15 is 0 Å². The zero-order chi connectivity index (χ0) is 16.7. The summed E-state index contributed by atoms with van der Waals surface area (Å²) in [6.45, 7) is 0. The summed E-state index contributed by atoms with van der Waals surface area (Å²) in [6.07, 6.45) is 3.04. The molecule has 5 heteroatoms. The minimum absolute atomic E-state index is 0.366. The molecule has 118 valence electrons. The van der Waals surface area contributed by atoms with Gasteiger partial charge in [0.2, 0.25) is 0 Å². The number of nitrogens with zero attached hydrogens (tertiary/aromatic N) is 1. The van der Waals surface area contributed by atoms with Crippen molar-refractivity contribution in [3.05, 3.63) is 71.8 Å². The van der Waals surface area contributed by atoms with Crippen molar-refractivity contribution in [3.8, 4) is 0 Å². The molecule has 0 aliphatic heterocycles. The molecule has 2 aromatic rings. The van der Waals surface area contributed by atoms with Crippen LogP contribution in [0.2, 0.25) is 0 Å². The average Bonchev–Trinajstić information content (AvgIpc) is 2.58. The molecule has 2 aromatic carbocycles. The summed E-state index contributed by atoms with van der Waals surface area (Å²) in [5, 5.41) is 0. The molecule has 0 atom stereocenters. The fourth-order valence-electron chi connectivity index (χ4n) is 1.89. The minimum atomic E-state index is -0.397. The molecule has 0 saturated carbocycles. The first kappa shape index (κ1) is 16.3. The topological polar surface area (TPSA) is 61.4 Å². The van der Waals surface area contributed by atoms with Gasteiger partial charge in [0.15, 0.2) is 0 Å². The SMILES string of the molecule is CN(C)c1cccc(C(=O)NNC(=O)/C=C/c2ccccc2)c1. The van der Waals surface area contributed by atoms with Gasteiger partial charge in [-0.15, -0.1) is 0 Å². The molecule has 0 aliphatic rings. The number of carbonyl (C=O) groups excluding carboxylic acids is 2. The number of hydrogen-bond donors (Lipinski definition) is 2. The number of carbonyl (C=O) groups is 2. The van der Waals surface area contributed by atoms with Crippen molar-refractivity contribution in [2.75, 3.05) is 19.0 Å². The largest absolute Gasteiger partial charge is 0.378 e. The predicted octanol–water partition coefficient (Wildman–Crippen LogP) is 2.23. The van der Waals surface area contributed by atoms with Crippen molar-refractivity contribution in [3.63, 3.8) is 0 Å². The zero-order valence-corrected chi connectivity index (χ0v) is 13.1. The Bertz CT molecular complexity index is 709. The predicted molar refractivity (Wildman–Crippen MR) is 91.9 cm³/mol. The van der Waals surface area contributed by atoms with Gasteiger partial charge in [-0.05, 0) is 29.8 Å². The van der Waals surface area contributed by atoms with Gasteiger partial charge in [0, 0.05) is 31.4 Å². The highest BCUT2D eigenvalue weighted by molar-refractivity contribution is 5.98. The second-order valence-electron chi connectivity index (χ2n) is 5.13. The van der Waals surface area contributed by atoms with E-state index in [1.165, 1.54) is 6.08 Å². The van der Waals surface area contributed by atoms with E-state index in [2.05, 4.69) is 10.9 Å². The summed E-state index contributed by atoms with van der Waals surface area (Å²) in [5.41, 5.74) is 7.05. The Morgan fingerprint density at radius 3 is 2.39 bits per heavy atom. The van der Waals surface area contributed by atoms with Crippen LogP contribution < -0.4 is 15.8 Å². The van der Waals surface area contributed by atoms with Gasteiger partial charge in [0.25, 0.3) is 11.8 Å². The molecule has 0 bridgehead atoms. The molecule has 0 saturated heterocycles. The summed E-state index contributed by atoms with van der Waals surface area (Å²) in [6, 6.07) is 16.6. The maximum absolute atomic E-state index is 12.0.